The summed E-state index contributed by atoms with van der Waals surface area (Å²) in [5.74, 6) is 1.46. The van der Waals surface area contributed by atoms with Crippen molar-refractivity contribution in [3.05, 3.63) is 48.2 Å². The van der Waals surface area contributed by atoms with Crippen molar-refractivity contribution >= 4 is 27.0 Å². The third-order valence-electron chi connectivity index (χ3n) is 5.25. The summed E-state index contributed by atoms with van der Waals surface area (Å²) >= 11 is 0. The first-order valence-corrected chi connectivity index (χ1v) is 11.4. The van der Waals surface area contributed by atoms with Gasteiger partial charge in [-0.25, -0.2) is 13.4 Å². The summed E-state index contributed by atoms with van der Waals surface area (Å²) in [5.41, 5.74) is 1.44. The normalized spacial score (nSPS) is 12.0. The molecule has 0 unspecified atom stereocenters. The summed E-state index contributed by atoms with van der Waals surface area (Å²) in [5, 5.41) is 0. The fourth-order valence-corrected chi connectivity index (χ4v) is 4.94. The van der Waals surface area contributed by atoms with E-state index >= 15 is 0 Å². The number of nitrogens with zero attached hydrogens (tertiary/aromatic N) is 4. The number of sulfonamides is 1. The van der Waals surface area contributed by atoms with Crippen molar-refractivity contribution in [2.75, 3.05) is 20.1 Å². The first-order valence-electron chi connectivity index (χ1n) is 9.99. The summed E-state index contributed by atoms with van der Waals surface area (Å²) in [6, 6.07) is 8.62. The summed E-state index contributed by atoms with van der Waals surface area (Å²) in [7, 11) is 0.0717. The minimum Gasteiger partial charge on any atom is -0.467 e. The predicted octanol–water partition coefficient (Wildman–Crippen LogP) is 2.79. The Kier molecular flexibility index (Phi) is 6.62. The maximum absolute atomic E-state index is 12.8. The molecule has 0 aliphatic heterocycles. The standard InChI is InChI=1S/C21H28N4O4S/c1-5-25(6-2)30(27,28)17-9-10-19-18(14-17)22-20(24(19)4)11-12-21(26)23(3)15-16-8-7-13-29-16/h7-10,13-14H,5-6,11-12,15H2,1-4H3. The number of carbonyl (C=O) groups is 1. The van der Waals surface area contributed by atoms with Crippen LogP contribution in [-0.2, 0) is 34.8 Å². The SMILES string of the molecule is CCN(CC)S(=O)(=O)c1ccc2c(c1)nc(CCC(=O)N(C)Cc1ccco1)n2C. The fraction of sp³-hybridized carbons (Fsp3) is 0.429. The van der Waals surface area contributed by atoms with E-state index in [2.05, 4.69) is 4.98 Å². The number of amides is 1. The van der Waals surface area contributed by atoms with E-state index in [1.165, 1.54) is 4.31 Å². The lowest BCUT2D eigenvalue weighted by atomic mass is 10.2. The van der Waals surface area contributed by atoms with Crippen LogP contribution in [0.2, 0.25) is 0 Å². The molecule has 0 aliphatic rings. The lowest BCUT2D eigenvalue weighted by Crippen LogP contribution is -2.30. The van der Waals surface area contributed by atoms with Crippen LogP contribution in [0.1, 0.15) is 31.9 Å². The Morgan fingerprint density at radius 3 is 2.57 bits per heavy atom. The van der Waals surface area contributed by atoms with E-state index in [9.17, 15) is 13.2 Å². The molecule has 2 aromatic heterocycles. The van der Waals surface area contributed by atoms with Crippen LogP contribution in [0.3, 0.4) is 0 Å². The quantitative estimate of drug-likeness (QED) is 0.519. The average molecular weight is 433 g/mol. The Morgan fingerprint density at radius 1 is 1.20 bits per heavy atom. The third kappa shape index (κ3) is 4.41. The van der Waals surface area contributed by atoms with Gasteiger partial charge >= 0.3 is 0 Å². The summed E-state index contributed by atoms with van der Waals surface area (Å²) in [6.45, 7) is 4.88. The number of rotatable bonds is 9. The van der Waals surface area contributed by atoms with E-state index in [4.69, 9.17) is 4.42 Å². The highest BCUT2D eigenvalue weighted by Gasteiger charge is 2.23. The van der Waals surface area contributed by atoms with Crippen molar-refractivity contribution in [1.29, 1.82) is 0 Å². The van der Waals surface area contributed by atoms with E-state index in [0.29, 0.717) is 38.0 Å². The molecule has 3 rings (SSSR count). The van der Waals surface area contributed by atoms with Gasteiger partial charge in [-0.2, -0.15) is 4.31 Å². The van der Waals surface area contributed by atoms with Gasteiger partial charge < -0.3 is 13.9 Å². The minimum atomic E-state index is -3.54. The van der Waals surface area contributed by atoms with Crippen molar-refractivity contribution in [3.8, 4) is 0 Å². The Balaban J connectivity index is 1.76. The second-order valence-electron chi connectivity index (χ2n) is 7.16. The fourth-order valence-electron chi connectivity index (χ4n) is 3.46. The lowest BCUT2D eigenvalue weighted by molar-refractivity contribution is -0.130. The molecular weight excluding hydrogens is 404 g/mol. The largest absolute Gasteiger partial charge is 0.467 e. The first kappa shape index (κ1) is 22.0. The minimum absolute atomic E-state index is 0.0109. The molecule has 0 aliphatic carbocycles. The van der Waals surface area contributed by atoms with E-state index in [1.807, 2.05) is 31.5 Å². The maximum atomic E-state index is 12.8. The zero-order chi connectivity index (χ0) is 21.9. The average Bonchev–Trinajstić information content (AvgIpc) is 3.34. The molecule has 162 valence electrons. The van der Waals surface area contributed by atoms with Crippen LogP contribution in [0.5, 0.6) is 0 Å². The van der Waals surface area contributed by atoms with Crippen LogP contribution in [0.15, 0.2) is 45.9 Å². The molecule has 9 heteroatoms. The van der Waals surface area contributed by atoms with E-state index in [0.717, 1.165) is 17.1 Å². The highest BCUT2D eigenvalue weighted by molar-refractivity contribution is 7.89. The Hall–Kier alpha value is -2.65. The van der Waals surface area contributed by atoms with Crippen LogP contribution in [0.4, 0.5) is 0 Å². The molecule has 0 fully saturated rings. The molecular formula is C21H28N4O4S. The Bertz CT molecular complexity index is 1120. The number of imidazole rings is 1. The molecule has 30 heavy (non-hydrogen) atoms. The van der Waals surface area contributed by atoms with Crippen molar-refractivity contribution in [3.63, 3.8) is 0 Å². The molecule has 3 aromatic rings. The number of hydrogen-bond acceptors (Lipinski definition) is 5. The third-order valence-corrected chi connectivity index (χ3v) is 7.30. The van der Waals surface area contributed by atoms with Crippen LogP contribution >= 0.6 is 0 Å². The van der Waals surface area contributed by atoms with Crippen molar-refractivity contribution in [1.82, 2.24) is 18.8 Å². The van der Waals surface area contributed by atoms with Crippen molar-refractivity contribution in [2.45, 2.75) is 38.1 Å². The van der Waals surface area contributed by atoms with Gasteiger partial charge in [-0.05, 0) is 30.3 Å². The number of hydrogen-bond donors (Lipinski definition) is 0. The van der Waals surface area contributed by atoms with E-state index in [-0.39, 0.29) is 10.8 Å². The molecule has 0 saturated heterocycles. The number of benzene rings is 1. The van der Waals surface area contributed by atoms with Crippen LogP contribution < -0.4 is 0 Å². The topological polar surface area (TPSA) is 88.7 Å². The van der Waals surface area contributed by atoms with Gasteiger partial charge in [-0.15, -0.1) is 0 Å². The molecule has 0 saturated carbocycles. The number of furan rings is 1. The number of aromatic nitrogens is 2. The number of carbonyl (C=O) groups excluding carboxylic acids is 1. The predicted molar refractivity (Wildman–Crippen MR) is 114 cm³/mol. The zero-order valence-electron chi connectivity index (χ0n) is 17.8. The van der Waals surface area contributed by atoms with Gasteiger partial charge in [0.25, 0.3) is 0 Å². The van der Waals surface area contributed by atoms with Crippen molar-refractivity contribution in [2.24, 2.45) is 7.05 Å². The molecule has 1 amide bonds. The van der Waals surface area contributed by atoms with Crippen LogP contribution in [0.25, 0.3) is 11.0 Å². The van der Waals surface area contributed by atoms with Gasteiger partial charge in [0.15, 0.2) is 0 Å². The highest BCUT2D eigenvalue weighted by atomic mass is 32.2. The second-order valence-corrected chi connectivity index (χ2v) is 9.09. The molecule has 1 aromatic carbocycles. The van der Waals surface area contributed by atoms with E-state index in [1.54, 1.807) is 42.5 Å². The Labute approximate surface area is 177 Å². The first-order chi connectivity index (χ1) is 14.3. The molecule has 0 atom stereocenters. The monoisotopic (exact) mass is 432 g/mol. The van der Waals surface area contributed by atoms with Gasteiger partial charge in [0, 0.05) is 40.0 Å². The molecule has 0 spiro atoms. The van der Waals surface area contributed by atoms with Crippen LogP contribution in [0, 0.1) is 0 Å². The van der Waals surface area contributed by atoms with Gasteiger partial charge in [-0.3, -0.25) is 4.79 Å². The smallest absolute Gasteiger partial charge is 0.243 e. The van der Waals surface area contributed by atoms with Crippen molar-refractivity contribution < 1.29 is 17.6 Å². The number of fused-ring (bicyclic) bond motifs is 1. The van der Waals surface area contributed by atoms with E-state index < -0.39 is 10.0 Å². The summed E-state index contributed by atoms with van der Waals surface area (Å²) in [6.07, 6.45) is 2.35. The van der Waals surface area contributed by atoms with Gasteiger partial charge in [-0.1, -0.05) is 13.8 Å². The van der Waals surface area contributed by atoms with Gasteiger partial charge in [0.1, 0.15) is 11.6 Å². The van der Waals surface area contributed by atoms with Gasteiger partial charge in [0.2, 0.25) is 15.9 Å². The molecule has 8 nitrogen and oxygen atoms in total. The molecule has 0 N–H and O–H groups in total. The van der Waals surface area contributed by atoms with Crippen LogP contribution in [-0.4, -0.2) is 53.2 Å². The second kappa shape index (κ2) is 9.01. The lowest BCUT2D eigenvalue weighted by Gasteiger charge is -2.18. The number of aryl methyl sites for hydroxylation is 2. The summed E-state index contributed by atoms with van der Waals surface area (Å²) < 4.78 is 34.2. The maximum Gasteiger partial charge on any atom is 0.243 e. The Morgan fingerprint density at radius 2 is 1.93 bits per heavy atom. The summed E-state index contributed by atoms with van der Waals surface area (Å²) in [4.78, 5) is 18.9. The molecule has 2 heterocycles. The zero-order valence-corrected chi connectivity index (χ0v) is 18.6. The van der Waals surface area contributed by atoms with Gasteiger partial charge in [0.05, 0.1) is 28.7 Å². The molecule has 0 bridgehead atoms. The molecule has 0 radical (unpaired) electrons. The highest BCUT2D eigenvalue weighted by Crippen LogP contribution is 2.23.